The molecule has 1 amide bonds. The van der Waals surface area contributed by atoms with Crippen molar-refractivity contribution in [3.05, 3.63) is 96.0 Å². The van der Waals surface area contributed by atoms with Gasteiger partial charge in [-0.2, -0.15) is 0 Å². The Bertz CT molecular complexity index is 1060. The summed E-state index contributed by atoms with van der Waals surface area (Å²) in [6, 6.07) is 20.4. The van der Waals surface area contributed by atoms with E-state index in [4.69, 9.17) is 9.47 Å². The topological polar surface area (TPSA) is 50.8 Å². The number of nitrogens with one attached hydrogen (secondary N) is 1. The summed E-state index contributed by atoms with van der Waals surface area (Å²) < 4.78 is 23.8. The third-order valence-electron chi connectivity index (χ3n) is 4.98. The largest absolute Gasteiger partial charge is 0.497 e. The number of nitrogens with zero attached hydrogens (tertiary/aromatic N) is 1. The van der Waals surface area contributed by atoms with E-state index in [-0.39, 0.29) is 17.8 Å². The molecule has 30 heavy (non-hydrogen) atoms. The van der Waals surface area contributed by atoms with Crippen LogP contribution in [-0.2, 0) is 4.79 Å². The normalized spacial score (nSPS) is 15.7. The van der Waals surface area contributed by atoms with Gasteiger partial charge in [0.1, 0.15) is 23.0 Å². The molecule has 1 atom stereocenters. The lowest BCUT2D eigenvalue weighted by Crippen LogP contribution is -2.30. The first-order chi connectivity index (χ1) is 14.6. The molecule has 1 aliphatic heterocycles. The smallest absolute Gasteiger partial charge is 0.275 e. The summed E-state index contributed by atoms with van der Waals surface area (Å²) in [5.41, 5.74) is 2.75. The van der Waals surface area contributed by atoms with Gasteiger partial charge in [0, 0.05) is 11.4 Å². The molecule has 3 aromatic carbocycles. The second-order valence-corrected chi connectivity index (χ2v) is 6.80. The summed E-state index contributed by atoms with van der Waals surface area (Å²) in [4.78, 5) is 15.0. The van der Waals surface area contributed by atoms with Gasteiger partial charge in [0.2, 0.25) is 0 Å². The molecule has 1 aliphatic rings. The molecule has 1 heterocycles. The van der Waals surface area contributed by atoms with Gasteiger partial charge in [0.25, 0.3) is 5.91 Å². The van der Waals surface area contributed by atoms with E-state index in [1.807, 2.05) is 42.5 Å². The van der Waals surface area contributed by atoms with Crippen LogP contribution in [-0.4, -0.2) is 20.1 Å². The summed E-state index contributed by atoms with van der Waals surface area (Å²) in [6.07, 6.45) is 1.85. The SMILES string of the molecule is COc1ccc(NC2=C[C@@H](c3ccc(F)cc3)N(c3ccc(OC)cc3)C2=O)cc1. The minimum Gasteiger partial charge on any atom is -0.497 e. The standard InChI is InChI=1S/C24H21FN2O3/c1-29-20-11-7-18(8-12-20)26-22-15-23(16-3-5-17(25)6-4-16)27(24(22)28)19-9-13-21(30-2)14-10-19/h3-15,23,26H,1-2H3/t23-/m0/s1. The van der Waals surface area contributed by atoms with Crippen molar-refractivity contribution in [2.24, 2.45) is 0 Å². The zero-order chi connectivity index (χ0) is 21.1. The van der Waals surface area contributed by atoms with E-state index < -0.39 is 0 Å². The number of anilines is 2. The van der Waals surface area contributed by atoms with Gasteiger partial charge in [0.15, 0.2) is 0 Å². The second kappa shape index (κ2) is 8.29. The van der Waals surface area contributed by atoms with Gasteiger partial charge in [-0.05, 0) is 72.3 Å². The van der Waals surface area contributed by atoms with Gasteiger partial charge in [0.05, 0.1) is 20.3 Å². The Balaban J connectivity index is 1.68. The molecule has 4 rings (SSSR count). The third kappa shape index (κ3) is 3.85. The average Bonchev–Trinajstić information content (AvgIpc) is 3.10. The van der Waals surface area contributed by atoms with Crippen LogP contribution in [0.3, 0.4) is 0 Å². The summed E-state index contributed by atoms with van der Waals surface area (Å²) in [5, 5.41) is 3.19. The van der Waals surface area contributed by atoms with Crippen LogP contribution in [0.5, 0.6) is 11.5 Å². The first kappa shape index (κ1) is 19.5. The minimum atomic E-state index is -0.368. The molecule has 0 saturated carbocycles. The molecule has 0 unspecified atom stereocenters. The van der Waals surface area contributed by atoms with Gasteiger partial charge in [-0.15, -0.1) is 0 Å². The number of amides is 1. The van der Waals surface area contributed by atoms with Crippen molar-refractivity contribution in [1.29, 1.82) is 0 Å². The number of hydrogen-bond acceptors (Lipinski definition) is 4. The number of rotatable bonds is 6. The van der Waals surface area contributed by atoms with Gasteiger partial charge in [-0.25, -0.2) is 4.39 Å². The van der Waals surface area contributed by atoms with E-state index in [2.05, 4.69) is 5.32 Å². The fraction of sp³-hybridized carbons (Fsp3) is 0.125. The number of carbonyl (C=O) groups excluding carboxylic acids is 1. The maximum atomic E-state index is 13.4. The summed E-state index contributed by atoms with van der Waals surface area (Å²) in [6.45, 7) is 0. The Morgan fingerprint density at radius 3 is 1.97 bits per heavy atom. The van der Waals surface area contributed by atoms with Crippen LogP contribution in [0.2, 0.25) is 0 Å². The zero-order valence-electron chi connectivity index (χ0n) is 16.6. The van der Waals surface area contributed by atoms with Crippen LogP contribution in [0, 0.1) is 5.82 Å². The van der Waals surface area contributed by atoms with Crippen molar-refractivity contribution >= 4 is 17.3 Å². The van der Waals surface area contributed by atoms with Crippen molar-refractivity contribution in [2.45, 2.75) is 6.04 Å². The van der Waals surface area contributed by atoms with Crippen LogP contribution in [0.15, 0.2) is 84.6 Å². The highest BCUT2D eigenvalue weighted by molar-refractivity contribution is 6.11. The Morgan fingerprint density at radius 1 is 0.833 bits per heavy atom. The van der Waals surface area contributed by atoms with Crippen molar-refractivity contribution in [1.82, 2.24) is 0 Å². The van der Waals surface area contributed by atoms with Gasteiger partial charge in [-0.1, -0.05) is 12.1 Å². The molecule has 0 radical (unpaired) electrons. The number of halogens is 1. The summed E-state index contributed by atoms with van der Waals surface area (Å²) in [7, 11) is 3.20. The molecule has 5 nitrogen and oxygen atoms in total. The second-order valence-electron chi connectivity index (χ2n) is 6.80. The summed E-state index contributed by atoms with van der Waals surface area (Å²) in [5.74, 6) is 0.939. The first-order valence-electron chi connectivity index (χ1n) is 9.45. The quantitative estimate of drug-likeness (QED) is 0.633. The number of ether oxygens (including phenoxy) is 2. The third-order valence-corrected chi connectivity index (χ3v) is 4.98. The first-order valence-corrected chi connectivity index (χ1v) is 9.45. The molecule has 0 fully saturated rings. The Hall–Kier alpha value is -3.80. The van der Waals surface area contributed by atoms with Crippen LogP contribution < -0.4 is 19.7 Å². The Kier molecular flexibility index (Phi) is 5.39. The van der Waals surface area contributed by atoms with Crippen molar-refractivity contribution < 1.29 is 18.7 Å². The molecule has 0 aliphatic carbocycles. The molecule has 152 valence electrons. The zero-order valence-corrected chi connectivity index (χ0v) is 16.6. The average molecular weight is 404 g/mol. The van der Waals surface area contributed by atoms with E-state index >= 15 is 0 Å². The maximum Gasteiger partial charge on any atom is 0.275 e. The molecule has 6 heteroatoms. The molecular weight excluding hydrogens is 383 g/mol. The van der Waals surface area contributed by atoms with Crippen LogP contribution >= 0.6 is 0 Å². The number of hydrogen-bond donors (Lipinski definition) is 1. The van der Waals surface area contributed by atoms with Gasteiger partial charge >= 0.3 is 0 Å². The maximum absolute atomic E-state index is 13.4. The van der Waals surface area contributed by atoms with Crippen molar-refractivity contribution in [3.63, 3.8) is 0 Å². The molecule has 0 bridgehead atoms. The van der Waals surface area contributed by atoms with Crippen LogP contribution in [0.25, 0.3) is 0 Å². The van der Waals surface area contributed by atoms with E-state index in [0.29, 0.717) is 11.4 Å². The fourth-order valence-corrected chi connectivity index (χ4v) is 3.41. The molecule has 3 aromatic rings. The fourth-order valence-electron chi connectivity index (χ4n) is 3.41. The monoisotopic (exact) mass is 404 g/mol. The minimum absolute atomic E-state index is 0.176. The highest BCUT2D eigenvalue weighted by Crippen LogP contribution is 2.36. The molecule has 0 aromatic heterocycles. The summed E-state index contributed by atoms with van der Waals surface area (Å²) >= 11 is 0. The molecule has 0 saturated heterocycles. The van der Waals surface area contributed by atoms with E-state index in [1.165, 1.54) is 12.1 Å². The van der Waals surface area contributed by atoms with E-state index in [0.717, 1.165) is 22.7 Å². The van der Waals surface area contributed by atoms with Gasteiger partial charge < -0.3 is 14.8 Å². The predicted octanol–water partition coefficient (Wildman–Crippen LogP) is 4.93. The lowest BCUT2D eigenvalue weighted by molar-refractivity contribution is -0.114. The van der Waals surface area contributed by atoms with E-state index in [1.54, 1.807) is 43.4 Å². The van der Waals surface area contributed by atoms with Crippen molar-refractivity contribution in [3.8, 4) is 11.5 Å². The Labute approximate surface area is 174 Å². The number of methoxy groups -OCH3 is 2. The van der Waals surface area contributed by atoms with E-state index in [9.17, 15) is 9.18 Å². The van der Waals surface area contributed by atoms with Crippen molar-refractivity contribution in [2.75, 3.05) is 24.4 Å². The lowest BCUT2D eigenvalue weighted by Gasteiger charge is -2.25. The molecular formula is C24H21FN2O3. The lowest BCUT2D eigenvalue weighted by atomic mass is 10.1. The molecule has 1 N–H and O–H groups in total. The molecule has 0 spiro atoms. The number of carbonyl (C=O) groups is 1. The predicted molar refractivity (Wildman–Crippen MR) is 114 cm³/mol. The Morgan fingerprint density at radius 2 is 1.40 bits per heavy atom. The number of benzene rings is 3. The van der Waals surface area contributed by atoms with Gasteiger partial charge in [-0.3, -0.25) is 9.69 Å². The van der Waals surface area contributed by atoms with Crippen LogP contribution in [0.4, 0.5) is 15.8 Å². The highest BCUT2D eigenvalue weighted by atomic mass is 19.1. The van der Waals surface area contributed by atoms with Crippen LogP contribution in [0.1, 0.15) is 11.6 Å². The highest BCUT2D eigenvalue weighted by Gasteiger charge is 2.34.